The van der Waals surface area contributed by atoms with Crippen LogP contribution in [0.1, 0.15) is 32.8 Å². The number of hydrogen-bond acceptors (Lipinski definition) is 2. The van der Waals surface area contributed by atoms with E-state index >= 15 is 0 Å². The standard InChI is InChI=1S/C16H23N3O2/c1-11(2)6-8-17-16(21)18-14-5-4-13-7-9-19(12(3)20)15(13)10-14/h4-5,10-11H,6-9H2,1-3H3,(H2,17,18,21). The van der Waals surface area contributed by atoms with Gasteiger partial charge in [0.25, 0.3) is 0 Å². The van der Waals surface area contributed by atoms with Gasteiger partial charge in [-0.1, -0.05) is 19.9 Å². The van der Waals surface area contributed by atoms with Gasteiger partial charge in [0.05, 0.1) is 0 Å². The van der Waals surface area contributed by atoms with E-state index < -0.39 is 0 Å². The van der Waals surface area contributed by atoms with Gasteiger partial charge in [-0.3, -0.25) is 4.79 Å². The van der Waals surface area contributed by atoms with Crippen LogP contribution in [-0.4, -0.2) is 25.0 Å². The van der Waals surface area contributed by atoms with Crippen molar-refractivity contribution in [2.24, 2.45) is 5.92 Å². The molecule has 0 radical (unpaired) electrons. The second-order valence-corrected chi connectivity index (χ2v) is 5.83. The molecule has 0 aliphatic carbocycles. The average Bonchev–Trinajstić information content (AvgIpc) is 2.81. The van der Waals surface area contributed by atoms with Gasteiger partial charge < -0.3 is 15.5 Å². The molecule has 1 aliphatic heterocycles. The van der Waals surface area contributed by atoms with Crippen LogP contribution in [0.5, 0.6) is 0 Å². The summed E-state index contributed by atoms with van der Waals surface area (Å²) in [4.78, 5) is 25.1. The largest absolute Gasteiger partial charge is 0.338 e. The van der Waals surface area contributed by atoms with E-state index in [1.54, 1.807) is 11.8 Å². The van der Waals surface area contributed by atoms with Crippen LogP contribution in [0.2, 0.25) is 0 Å². The minimum Gasteiger partial charge on any atom is -0.338 e. The van der Waals surface area contributed by atoms with Crippen molar-refractivity contribution in [2.45, 2.75) is 33.6 Å². The van der Waals surface area contributed by atoms with Crippen LogP contribution in [0.15, 0.2) is 18.2 Å². The highest BCUT2D eigenvalue weighted by Crippen LogP contribution is 2.30. The Balaban J connectivity index is 1.97. The Labute approximate surface area is 125 Å². The molecule has 0 aromatic heterocycles. The molecule has 114 valence electrons. The molecule has 2 rings (SSSR count). The maximum Gasteiger partial charge on any atom is 0.319 e. The summed E-state index contributed by atoms with van der Waals surface area (Å²) >= 11 is 0. The van der Waals surface area contributed by atoms with E-state index in [9.17, 15) is 9.59 Å². The third-order valence-electron chi connectivity index (χ3n) is 3.63. The first-order chi connectivity index (χ1) is 9.97. The quantitative estimate of drug-likeness (QED) is 0.895. The van der Waals surface area contributed by atoms with Crippen LogP contribution in [0.4, 0.5) is 16.2 Å². The van der Waals surface area contributed by atoms with E-state index in [4.69, 9.17) is 0 Å². The number of carbonyl (C=O) groups excluding carboxylic acids is 2. The van der Waals surface area contributed by atoms with E-state index in [1.807, 2.05) is 18.2 Å². The second-order valence-electron chi connectivity index (χ2n) is 5.83. The van der Waals surface area contributed by atoms with Crippen LogP contribution in [0, 0.1) is 5.92 Å². The molecular formula is C16H23N3O2. The second kappa shape index (κ2) is 6.61. The zero-order valence-corrected chi connectivity index (χ0v) is 12.9. The highest BCUT2D eigenvalue weighted by molar-refractivity contribution is 5.96. The van der Waals surface area contributed by atoms with Crippen molar-refractivity contribution < 1.29 is 9.59 Å². The molecule has 1 heterocycles. The van der Waals surface area contributed by atoms with Crippen LogP contribution < -0.4 is 15.5 Å². The lowest BCUT2D eigenvalue weighted by molar-refractivity contribution is -0.116. The molecule has 0 saturated heterocycles. The van der Waals surface area contributed by atoms with Gasteiger partial charge >= 0.3 is 6.03 Å². The molecule has 21 heavy (non-hydrogen) atoms. The summed E-state index contributed by atoms with van der Waals surface area (Å²) < 4.78 is 0. The number of nitrogens with one attached hydrogen (secondary N) is 2. The Bertz CT molecular complexity index is 540. The Morgan fingerprint density at radius 2 is 2.10 bits per heavy atom. The van der Waals surface area contributed by atoms with E-state index in [2.05, 4.69) is 24.5 Å². The van der Waals surface area contributed by atoms with Crippen molar-refractivity contribution in [3.63, 3.8) is 0 Å². The van der Waals surface area contributed by atoms with Crippen LogP contribution >= 0.6 is 0 Å². The van der Waals surface area contributed by atoms with Gasteiger partial charge in [0.2, 0.25) is 5.91 Å². The lowest BCUT2D eigenvalue weighted by Crippen LogP contribution is -2.30. The van der Waals surface area contributed by atoms with Crippen molar-refractivity contribution in [3.05, 3.63) is 23.8 Å². The van der Waals surface area contributed by atoms with Crippen molar-refractivity contribution in [1.82, 2.24) is 5.32 Å². The fourth-order valence-electron chi connectivity index (χ4n) is 2.43. The smallest absolute Gasteiger partial charge is 0.319 e. The summed E-state index contributed by atoms with van der Waals surface area (Å²) in [6, 6.07) is 5.51. The van der Waals surface area contributed by atoms with E-state index in [0.717, 1.165) is 24.1 Å². The zero-order valence-electron chi connectivity index (χ0n) is 12.9. The van der Waals surface area contributed by atoms with Gasteiger partial charge in [0, 0.05) is 31.4 Å². The van der Waals surface area contributed by atoms with E-state index in [1.165, 1.54) is 0 Å². The lowest BCUT2D eigenvalue weighted by Gasteiger charge is -2.16. The fraction of sp³-hybridized carbons (Fsp3) is 0.500. The molecular weight excluding hydrogens is 266 g/mol. The number of fused-ring (bicyclic) bond motifs is 1. The van der Waals surface area contributed by atoms with Crippen LogP contribution in [0.25, 0.3) is 0 Å². The Morgan fingerprint density at radius 1 is 1.33 bits per heavy atom. The Morgan fingerprint density at radius 3 is 2.76 bits per heavy atom. The third kappa shape index (κ3) is 3.97. The first-order valence-electron chi connectivity index (χ1n) is 7.43. The van der Waals surface area contributed by atoms with Gasteiger partial charge in [-0.05, 0) is 36.5 Å². The van der Waals surface area contributed by atoms with Crippen LogP contribution in [0.3, 0.4) is 0 Å². The first kappa shape index (κ1) is 15.4. The number of carbonyl (C=O) groups is 2. The normalized spacial score (nSPS) is 13.2. The summed E-state index contributed by atoms with van der Waals surface area (Å²) in [5.74, 6) is 0.599. The van der Waals surface area contributed by atoms with E-state index in [-0.39, 0.29) is 11.9 Å². The molecule has 0 unspecified atom stereocenters. The molecule has 0 bridgehead atoms. The number of anilines is 2. The number of nitrogens with zero attached hydrogens (tertiary/aromatic N) is 1. The summed E-state index contributed by atoms with van der Waals surface area (Å²) in [6.45, 7) is 7.18. The van der Waals surface area contributed by atoms with Gasteiger partial charge in [0.1, 0.15) is 0 Å². The number of benzene rings is 1. The molecule has 0 fully saturated rings. The predicted octanol–water partition coefficient (Wildman–Crippen LogP) is 2.76. The van der Waals surface area contributed by atoms with Crippen molar-refractivity contribution in [3.8, 4) is 0 Å². The van der Waals surface area contributed by atoms with Crippen molar-refractivity contribution in [1.29, 1.82) is 0 Å². The SMILES string of the molecule is CC(=O)N1CCc2ccc(NC(=O)NCCC(C)C)cc21. The Kier molecular flexibility index (Phi) is 4.83. The molecule has 0 atom stereocenters. The van der Waals surface area contributed by atoms with Crippen molar-refractivity contribution in [2.75, 3.05) is 23.3 Å². The molecule has 1 aromatic carbocycles. The molecule has 2 N–H and O–H groups in total. The predicted molar refractivity (Wildman–Crippen MR) is 84.6 cm³/mol. The van der Waals surface area contributed by atoms with Gasteiger partial charge in [-0.15, -0.1) is 0 Å². The minimum absolute atomic E-state index is 0.0345. The highest BCUT2D eigenvalue weighted by Gasteiger charge is 2.22. The Hall–Kier alpha value is -2.04. The summed E-state index contributed by atoms with van der Waals surface area (Å²) in [5, 5.41) is 5.65. The van der Waals surface area contributed by atoms with Crippen LogP contribution in [-0.2, 0) is 11.2 Å². The average molecular weight is 289 g/mol. The van der Waals surface area contributed by atoms with Gasteiger partial charge in [-0.25, -0.2) is 4.79 Å². The number of urea groups is 1. The number of hydrogen-bond donors (Lipinski definition) is 2. The molecule has 3 amide bonds. The monoisotopic (exact) mass is 289 g/mol. The summed E-state index contributed by atoms with van der Waals surface area (Å²) in [6.07, 6.45) is 1.82. The van der Waals surface area contributed by atoms with Gasteiger partial charge in [-0.2, -0.15) is 0 Å². The van der Waals surface area contributed by atoms with E-state index in [0.29, 0.717) is 24.7 Å². The molecule has 5 heteroatoms. The summed E-state index contributed by atoms with van der Waals surface area (Å²) in [7, 11) is 0. The highest BCUT2D eigenvalue weighted by atomic mass is 16.2. The zero-order chi connectivity index (χ0) is 15.4. The number of rotatable bonds is 4. The maximum absolute atomic E-state index is 11.8. The fourth-order valence-corrected chi connectivity index (χ4v) is 2.43. The molecule has 0 spiro atoms. The number of amides is 3. The maximum atomic E-state index is 11.8. The molecule has 0 saturated carbocycles. The van der Waals surface area contributed by atoms with Crippen molar-refractivity contribution >= 4 is 23.3 Å². The topological polar surface area (TPSA) is 61.4 Å². The minimum atomic E-state index is -0.206. The van der Waals surface area contributed by atoms with Gasteiger partial charge in [0.15, 0.2) is 0 Å². The molecule has 1 aliphatic rings. The summed E-state index contributed by atoms with van der Waals surface area (Å²) in [5.41, 5.74) is 2.77. The lowest BCUT2D eigenvalue weighted by atomic mass is 10.1. The third-order valence-corrected chi connectivity index (χ3v) is 3.63. The first-order valence-corrected chi connectivity index (χ1v) is 7.43. The molecule has 1 aromatic rings. The molecule has 5 nitrogen and oxygen atoms in total.